The first-order chi connectivity index (χ1) is 9.59. The first kappa shape index (κ1) is 12.8. The SMILES string of the molecule is OB(O)c1cccn2c(-c3cccc(F)c3F)ncc12. The summed E-state index contributed by atoms with van der Waals surface area (Å²) in [5.41, 5.74) is 0.666. The van der Waals surface area contributed by atoms with Gasteiger partial charge in [-0.1, -0.05) is 12.1 Å². The zero-order valence-electron chi connectivity index (χ0n) is 10.2. The lowest BCUT2D eigenvalue weighted by Crippen LogP contribution is -2.31. The van der Waals surface area contributed by atoms with Crippen LogP contribution in [0.25, 0.3) is 16.9 Å². The van der Waals surface area contributed by atoms with Gasteiger partial charge in [0.2, 0.25) is 0 Å². The Morgan fingerprint density at radius 1 is 1.10 bits per heavy atom. The summed E-state index contributed by atoms with van der Waals surface area (Å²) in [6, 6.07) is 6.92. The van der Waals surface area contributed by atoms with Crippen LogP contribution in [0.4, 0.5) is 8.78 Å². The van der Waals surface area contributed by atoms with Gasteiger partial charge in [0.15, 0.2) is 11.6 Å². The standard InChI is InChI=1S/C13H9BF2N2O2/c15-10-5-1-3-8(12(10)16)13-17-7-11-9(14(19)20)4-2-6-18(11)13/h1-7,19-20H. The molecule has 0 aliphatic rings. The van der Waals surface area contributed by atoms with Crippen LogP contribution in [0, 0.1) is 11.6 Å². The Bertz CT molecular complexity index is 789. The molecule has 4 nitrogen and oxygen atoms in total. The molecule has 7 heteroatoms. The molecule has 0 unspecified atom stereocenters. The molecule has 0 aliphatic heterocycles. The van der Waals surface area contributed by atoms with E-state index in [1.54, 1.807) is 12.3 Å². The lowest BCUT2D eigenvalue weighted by Gasteiger charge is -2.06. The van der Waals surface area contributed by atoms with E-state index in [2.05, 4.69) is 4.98 Å². The summed E-state index contributed by atoms with van der Waals surface area (Å²) in [7, 11) is -1.67. The molecule has 2 heterocycles. The molecule has 2 N–H and O–H groups in total. The molecule has 2 aromatic heterocycles. The van der Waals surface area contributed by atoms with E-state index >= 15 is 0 Å². The van der Waals surface area contributed by atoms with Crippen LogP contribution in [0.5, 0.6) is 0 Å². The number of fused-ring (bicyclic) bond motifs is 1. The van der Waals surface area contributed by atoms with Gasteiger partial charge in [0.1, 0.15) is 5.82 Å². The molecule has 100 valence electrons. The van der Waals surface area contributed by atoms with Crippen molar-refractivity contribution in [1.29, 1.82) is 0 Å². The molecule has 0 bridgehead atoms. The highest BCUT2D eigenvalue weighted by atomic mass is 19.2. The van der Waals surface area contributed by atoms with Gasteiger partial charge in [0, 0.05) is 11.7 Å². The third-order valence-electron chi connectivity index (χ3n) is 3.07. The number of pyridine rings is 1. The molecule has 3 rings (SSSR count). The van der Waals surface area contributed by atoms with Crippen molar-refractivity contribution in [3.63, 3.8) is 0 Å². The minimum absolute atomic E-state index is 0.00887. The number of benzene rings is 1. The average Bonchev–Trinajstić information content (AvgIpc) is 2.85. The summed E-state index contributed by atoms with van der Waals surface area (Å²) in [6.07, 6.45) is 2.97. The molecular weight excluding hydrogens is 265 g/mol. The van der Waals surface area contributed by atoms with Gasteiger partial charge in [0.05, 0.1) is 17.3 Å². The topological polar surface area (TPSA) is 57.8 Å². The Morgan fingerprint density at radius 3 is 2.65 bits per heavy atom. The van der Waals surface area contributed by atoms with Crippen molar-refractivity contribution in [2.45, 2.75) is 0 Å². The van der Waals surface area contributed by atoms with Crippen LogP contribution < -0.4 is 5.46 Å². The van der Waals surface area contributed by atoms with E-state index in [1.165, 1.54) is 28.8 Å². The summed E-state index contributed by atoms with van der Waals surface area (Å²) in [5.74, 6) is -1.76. The molecular formula is C13H9BF2N2O2. The molecule has 0 saturated heterocycles. The van der Waals surface area contributed by atoms with Gasteiger partial charge in [-0.15, -0.1) is 0 Å². The largest absolute Gasteiger partial charge is 0.490 e. The lowest BCUT2D eigenvalue weighted by molar-refractivity contribution is 0.426. The summed E-state index contributed by atoms with van der Waals surface area (Å²) >= 11 is 0. The van der Waals surface area contributed by atoms with Crippen LogP contribution in [-0.2, 0) is 0 Å². The fraction of sp³-hybridized carbons (Fsp3) is 0. The molecule has 20 heavy (non-hydrogen) atoms. The van der Waals surface area contributed by atoms with Crippen molar-refractivity contribution in [3.8, 4) is 11.4 Å². The molecule has 0 aliphatic carbocycles. The first-order valence-electron chi connectivity index (χ1n) is 5.86. The molecule has 0 spiro atoms. The Hall–Kier alpha value is -2.25. The van der Waals surface area contributed by atoms with Crippen LogP contribution in [0.1, 0.15) is 0 Å². The Labute approximate surface area is 113 Å². The van der Waals surface area contributed by atoms with Crippen LogP contribution in [-0.4, -0.2) is 26.6 Å². The van der Waals surface area contributed by atoms with Gasteiger partial charge in [-0.3, -0.25) is 0 Å². The number of aromatic nitrogens is 2. The van der Waals surface area contributed by atoms with E-state index in [0.717, 1.165) is 6.07 Å². The van der Waals surface area contributed by atoms with E-state index < -0.39 is 18.8 Å². The Balaban J connectivity index is 2.28. The van der Waals surface area contributed by atoms with E-state index in [1.807, 2.05) is 0 Å². The van der Waals surface area contributed by atoms with Crippen molar-refractivity contribution >= 4 is 18.1 Å². The second-order valence-corrected chi connectivity index (χ2v) is 4.28. The maximum Gasteiger partial charge on any atom is 0.490 e. The molecule has 0 atom stereocenters. The van der Waals surface area contributed by atoms with Crippen molar-refractivity contribution in [2.75, 3.05) is 0 Å². The second-order valence-electron chi connectivity index (χ2n) is 4.28. The predicted octanol–water partition coefficient (Wildman–Crippen LogP) is 0.959. The normalized spacial score (nSPS) is 11.0. The molecule has 0 saturated carbocycles. The molecule has 0 fully saturated rings. The predicted molar refractivity (Wildman–Crippen MR) is 70.4 cm³/mol. The quantitative estimate of drug-likeness (QED) is 0.684. The van der Waals surface area contributed by atoms with Crippen molar-refractivity contribution < 1.29 is 18.8 Å². The van der Waals surface area contributed by atoms with Gasteiger partial charge in [-0.25, -0.2) is 13.8 Å². The van der Waals surface area contributed by atoms with E-state index in [9.17, 15) is 18.8 Å². The van der Waals surface area contributed by atoms with E-state index in [4.69, 9.17) is 0 Å². The Kier molecular flexibility index (Phi) is 3.00. The molecule has 1 aromatic carbocycles. The monoisotopic (exact) mass is 274 g/mol. The van der Waals surface area contributed by atoms with Crippen molar-refractivity contribution in [2.24, 2.45) is 0 Å². The number of halogens is 2. The van der Waals surface area contributed by atoms with Gasteiger partial charge in [-0.2, -0.15) is 0 Å². The van der Waals surface area contributed by atoms with Gasteiger partial charge in [0.25, 0.3) is 0 Å². The van der Waals surface area contributed by atoms with Crippen LogP contribution in [0.3, 0.4) is 0 Å². The second kappa shape index (κ2) is 4.70. The summed E-state index contributed by atoms with van der Waals surface area (Å²) in [6.45, 7) is 0. The highest BCUT2D eigenvalue weighted by Gasteiger charge is 2.19. The maximum absolute atomic E-state index is 13.8. The zero-order valence-corrected chi connectivity index (χ0v) is 10.2. The average molecular weight is 274 g/mol. The minimum atomic E-state index is -1.67. The minimum Gasteiger partial charge on any atom is -0.423 e. The van der Waals surface area contributed by atoms with Gasteiger partial charge >= 0.3 is 7.12 Å². The van der Waals surface area contributed by atoms with Crippen molar-refractivity contribution in [3.05, 3.63) is 54.4 Å². The summed E-state index contributed by atoms with van der Waals surface area (Å²) in [5, 5.41) is 18.6. The van der Waals surface area contributed by atoms with E-state index in [0.29, 0.717) is 5.52 Å². The third kappa shape index (κ3) is 1.88. The molecule has 0 radical (unpaired) electrons. The smallest absolute Gasteiger partial charge is 0.423 e. The Morgan fingerprint density at radius 2 is 1.90 bits per heavy atom. The van der Waals surface area contributed by atoms with Crippen LogP contribution in [0.2, 0.25) is 0 Å². The van der Waals surface area contributed by atoms with E-state index in [-0.39, 0.29) is 16.9 Å². The van der Waals surface area contributed by atoms with Crippen molar-refractivity contribution in [1.82, 2.24) is 9.38 Å². The highest BCUT2D eigenvalue weighted by molar-refractivity contribution is 6.61. The third-order valence-corrected chi connectivity index (χ3v) is 3.07. The number of rotatable bonds is 2. The highest BCUT2D eigenvalue weighted by Crippen LogP contribution is 2.23. The zero-order chi connectivity index (χ0) is 14.3. The lowest BCUT2D eigenvalue weighted by atomic mass is 9.80. The van der Waals surface area contributed by atoms with Crippen LogP contribution >= 0.6 is 0 Å². The maximum atomic E-state index is 13.8. The first-order valence-corrected chi connectivity index (χ1v) is 5.86. The van der Waals surface area contributed by atoms with Crippen LogP contribution in [0.15, 0.2) is 42.7 Å². The number of hydrogen-bond acceptors (Lipinski definition) is 3. The summed E-state index contributed by atoms with van der Waals surface area (Å²) in [4.78, 5) is 4.04. The molecule has 3 aromatic rings. The number of hydrogen-bond donors (Lipinski definition) is 2. The number of nitrogens with zero attached hydrogens (tertiary/aromatic N) is 2. The van der Waals surface area contributed by atoms with Gasteiger partial charge in [-0.05, 0) is 18.2 Å². The summed E-state index contributed by atoms with van der Waals surface area (Å²) < 4.78 is 28.6. The molecule has 0 amide bonds. The van der Waals surface area contributed by atoms with Gasteiger partial charge < -0.3 is 14.4 Å². The number of imidazole rings is 1. The fourth-order valence-corrected chi connectivity index (χ4v) is 2.14. The fourth-order valence-electron chi connectivity index (χ4n) is 2.14.